The Morgan fingerprint density at radius 1 is 1.22 bits per heavy atom. The van der Waals surface area contributed by atoms with Crippen LogP contribution in [-0.2, 0) is 13.0 Å². The van der Waals surface area contributed by atoms with Gasteiger partial charge in [0.1, 0.15) is 5.82 Å². The van der Waals surface area contributed by atoms with Gasteiger partial charge in [0, 0.05) is 56.0 Å². The van der Waals surface area contributed by atoms with Gasteiger partial charge in [-0.15, -0.1) is 0 Å². The van der Waals surface area contributed by atoms with E-state index >= 15 is 0 Å². The number of hydrogen-bond acceptors (Lipinski definition) is 4. The molecule has 142 valence electrons. The van der Waals surface area contributed by atoms with Crippen LogP contribution in [-0.4, -0.2) is 53.0 Å². The molecule has 0 aliphatic carbocycles. The first-order valence-corrected chi connectivity index (χ1v) is 10.1. The van der Waals surface area contributed by atoms with E-state index in [9.17, 15) is 0 Å². The standard InChI is InChI=1S/C23H30N4/c1-18(13-19-7-4-3-5-8-19)15-27-11-6-9-20(17-27)23-24-14-21-16-26(2)12-10-22(21)25-23/h3-5,7-8,13-14,20H,6,9-12,15-17H2,1-2H3/b18-13+. The van der Waals surface area contributed by atoms with E-state index in [1.54, 1.807) is 0 Å². The van der Waals surface area contributed by atoms with Crippen LogP contribution in [0.15, 0.2) is 42.1 Å². The summed E-state index contributed by atoms with van der Waals surface area (Å²) in [4.78, 5) is 14.6. The van der Waals surface area contributed by atoms with E-state index in [2.05, 4.69) is 66.4 Å². The van der Waals surface area contributed by atoms with Gasteiger partial charge >= 0.3 is 0 Å². The molecular weight excluding hydrogens is 332 g/mol. The molecule has 1 unspecified atom stereocenters. The highest BCUT2D eigenvalue weighted by molar-refractivity contribution is 5.52. The van der Waals surface area contributed by atoms with E-state index in [-0.39, 0.29) is 0 Å². The summed E-state index contributed by atoms with van der Waals surface area (Å²) in [6.45, 7) is 7.59. The molecule has 2 aromatic rings. The largest absolute Gasteiger partial charge is 0.302 e. The minimum atomic E-state index is 0.466. The number of likely N-dealkylation sites (tertiary alicyclic amines) is 1. The van der Waals surface area contributed by atoms with E-state index < -0.39 is 0 Å². The highest BCUT2D eigenvalue weighted by atomic mass is 15.1. The molecule has 2 aliphatic rings. The molecule has 0 bridgehead atoms. The second kappa shape index (κ2) is 8.32. The van der Waals surface area contributed by atoms with Gasteiger partial charge in [-0.2, -0.15) is 0 Å². The molecule has 1 atom stereocenters. The quantitative estimate of drug-likeness (QED) is 0.829. The van der Waals surface area contributed by atoms with Gasteiger partial charge in [-0.25, -0.2) is 9.97 Å². The molecule has 3 heterocycles. The van der Waals surface area contributed by atoms with Crippen molar-refractivity contribution in [2.45, 2.75) is 38.6 Å². The van der Waals surface area contributed by atoms with Crippen molar-refractivity contribution < 1.29 is 0 Å². The summed E-state index contributed by atoms with van der Waals surface area (Å²) in [5, 5.41) is 0. The number of fused-ring (bicyclic) bond motifs is 1. The normalized spacial score (nSPS) is 21.9. The molecule has 4 nitrogen and oxygen atoms in total. The fourth-order valence-corrected chi connectivity index (χ4v) is 4.31. The van der Waals surface area contributed by atoms with E-state index in [1.807, 2.05) is 0 Å². The number of aromatic nitrogens is 2. The maximum atomic E-state index is 4.97. The topological polar surface area (TPSA) is 32.3 Å². The Kier molecular flexibility index (Phi) is 5.65. The molecule has 1 fully saturated rings. The van der Waals surface area contributed by atoms with Crippen molar-refractivity contribution in [3.05, 3.63) is 64.7 Å². The van der Waals surface area contributed by atoms with Crippen molar-refractivity contribution in [1.82, 2.24) is 19.8 Å². The molecule has 0 spiro atoms. The second-order valence-corrected chi connectivity index (χ2v) is 8.16. The highest BCUT2D eigenvalue weighted by Gasteiger charge is 2.25. The lowest BCUT2D eigenvalue weighted by Crippen LogP contribution is -2.36. The number of rotatable bonds is 4. The van der Waals surface area contributed by atoms with Crippen LogP contribution < -0.4 is 0 Å². The number of hydrogen-bond donors (Lipinski definition) is 0. The van der Waals surface area contributed by atoms with Crippen molar-refractivity contribution in [2.75, 3.05) is 33.2 Å². The van der Waals surface area contributed by atoms with Gasteiger partial charge in [0.25, 0.3) is 0 Å². The van der Waals surface area contributed by atoms with Gasteiger partial charge in [-0.1, -0.05) is 42.0 Å². The van der Waals surface area contributed by atoms with Crippen LogP contribution >= 0.6 is 0 Å². The van der Waals surface area contributed by atoms with Crippen LogP contribution in [0.5, 0.6) is 0 Å². The van der Waals surface area contributed by atoms with Gasteiger partial charge in [0.15, 0.2) is 0 Å². The lowest BCUT2D eigenvalue weighted by Gasteiger charge is -2.33. The molecule has 4 heteroatoms. The second-order valence-electron chi connectivity index (χ2n) is 8.16. The Labute approximate surface area is 162 Å². The van der Waals surface area contributed by atoms with Gasteiger partial charge in [-0.05, 0) is 38.9 Å². The zero-order valence-electron chi connectivity index (χ0n) is 16.6. The molecule has 1 aromatic carbocycles. The molecule has 0 amide bonds. The predicted molar refractivity (Wildman–Crippen MR) is 111 cm³/mol. The van der Waals surface area contributed by atoms with Gasteiger partial charge in [-0.3, -0.25) is 4.90 Å². The van der Waals surface area contributed by atoms with Crippen molar-refractivity contribution >= 4 is 6.08 Å². The summed E-state index contributed by atoms with van der Waals surface area (Å²) in [6, 6.07) is 10.6. The molecule has 27 heavy (non-hydrogen) atoms. The van der Waals surface area contributed by atoms with Crippen LogP contribution in [0.1, 0.15) is 48.3 Å². The molecule has 2 aliphatic heterocycles. The summed E-state index contributed by atoms with van der Waals surface area (Å²) >= 11 is 0. The third-order valence-electron chi connectivity index (χ3n) is 5.70. The average Bonchev–Trinajstić information content (AvgIpc) is 2.68. The van der Waals surface area contributed by atoms with Crippen LogP contribution in [0.25, 0.3) is 6.08 Å². The molecule has 4 rings (SSSR count). The van der Waals surface area contributed by atoms with Crippen LogP contribution in [0.3, 0.4) is 0 Å². The Bertz CT molecular complexity index is 799. The van der Waals surface area contributed by atoms with E-state index in [1.165, 1.54) is 41.8 Å². The molecule has 1 aromatic heterocycles. The Balaban J connectivity index is 1.42. The summed E-state index contributed by atoms with van der Waals surface area (Å²) in [6.07, 6.45) is 7.86. The Morgan fingerprint density at radius 3 is 2.93 bits per heavy atom. The van der Waals surface area contributed by atoms with Crippen molar-refractivity contribution in [1.29, 1.82) is 0 Å². The van der Waals surface area contributed by atoms with Crippen LogP contribution in [0.4, 0.5) is 0 Å². The van der Waals surface area contributed by atoms with Crippen molar-refractivity contribution in [3.8, 4) is 0 Å². The van der Waals surface area contributed by atoms with Crippen molar-refractivity contribution in [3.63, 3.8) is 0 Å². The zero-order valence-corrected chi connectivity index (χ0v) is 16.6. The van der Waals surface area contributed by atoms with Gasteiger partial charge < -0.3 is 4.90 Å². The Morgan fingerprint density at radius 2 is 2.07 bits per heavy atom. The smallest absolute Gasteiger partial charge is 0.132 e. The molecular formula is C23H30N4. The zero-order chi connectivity index (χ0) is 18.6. The fourth-order valence-electron chi connectivity index (χ4n) is 4.31. The third kappa shape index (κ3) is 4.63. The first-order chi connectivity index (χ1) is 13.2. The van der Waals surface area contributed by atoms with Crippen molar-refractivity contribution in [2.24, 2.45) is 0 Å². The molecule has 1 saturated heterocycles. The summed E-state index contributed by atoms with van der Waals surface area (Å²) in [5.41, 5.74) is 5.28. The summed E-state index contributed by atoms with van der Waals surface area (Å²) < 4.78 is 0. The number of likely N-dealkylation sites (N-methyl/N-ethyl adjacent to an activating group) is 1. The van der Waals surface area contributed by atoms with Gasteiger partial charge in [0.05, 0.1) is 0 Å². The molecule has 0 N–H and O–H groups in total. The first kappa shape index (κ1) is 18.3. The van der Waals surface area contributed by atoms with E-state index in [0.717, 1.165) is 38.4 Å². The van der Waals surface area contributed by atoms with Gasteiger partial charge in [0.2, 0.25) is 0 Å². The molecule has 0 radical (unpaired) electrons. The average molecular weight is 363 g/mol. The monoisotopic (exact) mass is 362 g/mol. The maximum absolute atomic E-state index is 4.97. The van der Waals surface area contributed by atoms with E-state index in [4.69, 9.17) is 9.97 Å². The van der Waals surface area contributed by atoms with Crippen LogP contribution in [0, 0.1) is 0 Å². The molecule has 0 saturated carbocycles. The number of benzene rings is 1. The summed E-state index contributed by atoms with van der Waals surface area (Å²) in [5.74, 6) is 1.53. The minimum Gasteiger partial charge on any atom is -0.302 e. The SMILES string of the molecule is C/C(=C\c1ccccc1)CN1CCCC(c2ncc3c(n2)CCN(C)C3)C1. The lowest BCUT2D eigenvalue weighted by molar-refractivity contribution is 0.219. The minimum absolute atomic E-state index is 0.466. The third-order valence-corrected chi connectivity index (χ3v) is 5.70. The number of nitrogens with zero attached hydrogens (tertiary/aromatic N) is 4. The highest BCUT2D eigenvalue weighted by Crippen LogP contribution is 2.26. The fraction of sp³-hybridized carbons (Fsp3) is 0.478. The Hall–Kier alpha value is -2.04. The maximum Gasteiger partial charge on any atom is 0.132 e. The van der Waals surface area contributed by atoms with Crippen LogP contribution in [0.2, 0.25) is 0 Å². The van der Waals surface area contributed by atoms with E-state index in [0.29, 0.717) is 5.92 Å². The lowest BCUT2D eigenvalue weighted by atomic mass is 9.96. The predicted octanol–water partition coefficient (Wildman–Crippen LogP) is 3.75. The first-order valence-electron chi connectivity index (χ1n) is 10.1. The number of piperidine rings is 1. The summed E-state index contributed by atoms with van der Waals surface area (Å²) in [7, 11) is 2.17.